The molecule has 3 N–H and O–H groups in total. The summed E-state index contributed by atoms with van der Waals surface area (Å²) in [6, 6.07) is 8.96. The third-order valence-electron chi connectivity index (χ3n) is 8.33. The molecule has 0 unspecified atom stereocenters. The number of nitrogens with two attached hydrogens (primary N) is 1. The number of anilines is 3. The zero-order valence-corrected chi connectivity index (χ0v) is 23.2. The first-order valence-electron chi connectivity index (χ1n) is 13.5. The van der Waals surface area contributed by atoms with Gasteiger partial charge in [-0.25, -0.2) is 8.78 Å². The summed E-state index contributed by atoms with van der Waals surface area (Å²) < 4.78 is 29.4. The molecule has 8 nitrogen and oxygen atoms in total. The van der Waals surface area contributed by atoms with E-state index >= 15 is 0 Å². The first kappa shape index (κ1) is 27.5. The number of para-hydroxylation sites is 1. The van der Waals surface area contributed by atoms with Gasteiger partial charge in [0.25, 0.3) is 11.5 Å². The highest BCUT2D eigenvalue weighted by atomic mass is 19.1. The smallest absolute Gasteiger partial charge is 0.276 e. The molecular formula is C30H34F2N6O2. The summed E-state index contributed by atoms with van der Waals surface area (Å²) in [5, 5.41) is 6.90. The Morgan fingerprint density at radius 3 is 2.42 bits per heavy atom. The van der Waals surface area contributed by atoms with E-state index in [0.29, 0.717) is 27.4 Å². The van der Waals surface area contributed by atoms with E-state index in [2.05, 4.69) is 43.0 Å². The van der Waals surface area contributed by atoms with Gasteiger partial charge in [-0.15, -0.1) is 0 Å². The van der Waals surface area contributed by atoms with Crippen LogP contribution in [0.4, 0.5) is 25.8 Å². The molecule has 1 aliphatic carbocycles. The van der Waals surface area contributed by atoms with Crippen LogP contribution in [0.1, 0.15) is 63.0 Å². The molecule has 40 heavy (non-hydrogen) atoms. The maximum atomic E-state index is 14.4. The maximum Gasteiger partial charge on any atom is 0.276 e. The van der Waals surface area contributed by atoms with E-state index in [1.165, 1.54) is 25.0 Å². The average molecular weight is 549 g/mol. The topological polar surface area (TPSA) is 106 Å². The number of rotatable bonds is 7. The Labute approximate surface area is 231 Å². The standard InChI is InChI=1S/C30H34F2N6O2/c1-18(2)29(3,4)34-16-19-22(33)8-9-23(26(19)37-15-14-30(17-37)12-13-30)35-28(40)24-10-11-25(39)38(36-24)27-20(31)6-5-7-21(27)32/h5-11,16,18H,12-15,17,33H2,1-4H3,(H,35,40). The molecular weight excluding hydrogens is 514 g/mol. The predicted octanol–water partition coefficient (Wildman–Crippen LogP) is 5.19. The zero-order valence-electron chi connectivity index (χ0n) is 23.2. The Hall–Kier alpha value is -4.08. The molecule has 3 aromatic rings. The van der Waals surface area contributed by atoms with Crippen molar-refractivity contribution in [1.82, 2.24) is 9.78 Å². The molecule has 2 heterocycles. The highest BCUT2D eigenvalue weighted by molar-refractivity contribution is 6.08. The van der Waals surface area contributed by atoms with E-state index in [1.54, 1.807) is 18.3 Å². The molecule has 0 atom stereocenters. The summed E-state index contributed by atoms with van der Waals surface area (Å²) in [6.07, 6.45) is 5.20. The van der Waals surface area contributed by atoms with Gasteiger partial charge in [-0.1, -0.05) is 19.9 Å². The highest BCUT2D eigenvalue weighted by Gasteiger charge is 2.48. The van der Waals surface area contributed by atoms with Crippen LogP contribution in [0.2, 0.25) is 0 Å². The van der Waals surface area contributed by atoms with Crippen molar-refractivity contribution in [2.75, 3.05) is 29.0 Å². The highest BCUT2D eigenvalue weighted by Crippen LogP contribution is 2.54. The van der Waals surface area contributed by atoms with Gasteiger partial charge >= 0.3 is 0 Å². The lowest BCUT2D eigenvalue weighted by atomic mass is 9.91. The Morgan fingerprint density at radius 1 is 1.10 bits per heavy atom. The lowest BCUT2D eigenvalue weighted by Crippen LogP contribution is -2.28. The number of carbonyl (C=O) groups excluding carboxylic acids is 1. The van der Waals surface area contributed by atoms with Crippen LogP contribution in [0.5, 0.6) is 0 Å². The van der Waals surface area contributed by atoms with Crippen molar-refractivity contribution < 1.29 is 13.6 Å². The van der Waals surface area contributed by atoms with E-state index in [-0.39, 0.29) is 11.2 Å². The fourth-order valence-corrected chi connectivity index (χ4v) is 4.86. The fraction of sp³-hybridized carbons (Fsp3) is 0.400. The van der Waals surface area contributed by atoms with Crippen molar-refractivity contribution >= 4 is 29.2 Å². The van der Waals surface area contributed by atoms with Crippen LogP contribution in [0.3, 0.4) is 0 Å². The summed E-state index contributed by atoms with van der Waals surface area (Å²) in [6.45, 7) is 10.00. The van der Waals surface area contributed by atoms with Gasteiger partial charge < -0.3 is 16.0 Å². The monoisotopic (exact) mass is 548 g/mol. The second-order valence-corrected chi connectivity index (χ2v) is 11.7. The summed E-state index contributed by atoms with van der Waals surface area (Å²) in [7, 11) is 0. The Kier molecular flexibility index (Phi) is 6.97. The molecule has 0 radical (unpaired) electrons. The lowest BCUT2D eigenvalue weighted by molar-refractivity contribution is 0.102. The second-order valence-electron chi connectivity index (χ2n) is 11.7. The van der Waals surface area contributed by atoms with Crippen molar-refractivity contribution in [1.29, 1.82) is 0 Å². The molecule has 5 rings (SSSR count). The zero-order chi connectivity index (χ0) is 28.8. The molecule has 1 amide bonds. The molecule has 210 valence electrons. The molecule has 2 aromatic carbocycles. The molecule has 10 heteroatoms. The average Bonchev–Trinajstić information content (AvgIpc) is 3.53. The van der Waals surface area contributed by atoms with Crippen LogP contribution in [0.15, 0.2) is 52.3 Å². The summed E-state index contributed by atoms with van der Waals surface area (Å²) >= 11 is 0. The van der Waals surface area contributed by atoms with Gasteiger partial charge in [0.05, 0.1) is 16.9 Å². The van der Waals surface area contributed by atoms with Crippen molar-refractivity contribution in [2.45, 2.75) is 52.5 Å². The summed E-state index contributed by atoms with van der Waals surface area (Å²) in [4.78, 5) is 33.0. The first-order chi connectivity index (χ1) is 18.9. The Bertz CT molecular complexity index is 1540. The van der Waals surface area contributed by atoms with Crippen molar-refractivity contribution in [3.05, 3.63) is 75.7 Å². The third-order valence-corrected chi connectivity index (χ3v) is 8.33. The number of benzene rings is 2. The van der Waals surface area contributed by atoms with E-state index in [9.17, 15) is 18.4 Å². The van der Waals surface area contributed by atoms with Crippen LogP contribution in [-0.2, 0) is 0 Å². The van der Waals surface area contributed by atoms with Gasteiger partial charge in [-0.2, -0.15) is 9.78 Å². The maximum absolute atomic E-state index is 14.4. The van der Waals surface area contributed by atoms with Crippen LogP contribution in [0, 0.1) is 23.0 Å². The molecule has 1 spiro atoms. The number of nitrogen functional groups attached to an aromatic ring is 1. The molecule has 2 fully saturated rings. The van der Waals surface area contributed by atoms with Gasteiger partial charge in [-0.3, -0.25) is 14.6 Å². The van der Waals surface area contributed by atoms with E-state index in [0.717, 1.165) is 49.0 Å². The molecule has 2 aliphatic rings. The van der Waals surface area contributed by atoms with Gasteiger partial charge in [-0.05, 0) is 74.8 Å². The second kappa shape index (κ2) is 10.1. The number of nitrogens with zero attached hydrogens (tertiary/aromatic N) is 4. The largest absolute Gasteiger partial charge is 0.398 e. The minimum absolute atomic E-state index is 0.179. The van der Waals surface area contributed by atoms with E-state index in [4.69, 9.17) is 10.7 Å². The van der Waals surface area contributed by atoms with Gasteiger partial charge in [0.1, 0.15) is 11.4 Å². The SMILES string of the molecule is CC(C)C(C)(C)N=Cc1c(N)ccc(NC(=O)c2ccc(=O)n(-c3c(F)cccc3F)n2)c1N1CCC2(CC2)C1. The summed E-state index contributed by atoms with van der Waals surface area (Å²) in [5.74, 6) is -2.28. The Balaban J connectivity index is 1.54. The van der Waals surface area contributed by atoms with Gasteiger partial charge in [0.2, 0.25) is 0 Å². The molecule has 1 saturated heterocycles. The van der Waals surface area contributed by atoms with E-state index < -0.39 is 28.8 Å². The fourth-order valence-electron chi connectivity index (χ4n) is 4.86. The van der Waals surface area contributed by atoms with E-state index in [1.807, 2.05) is 0 Å². The Morgan fingerprint density at radius 2 is 1.80 bits per heavy atom. The number of nitrogens with one attached hydrogen (secondary N) is 1. The number of aromatic nitrogens is 2. The minimum Gasteiger partial charge on any atom is -0.398 e. The molecule has 1 saturated carbocycles. The number of halogens is 2. The van der Waals surface area contributed by atoms with Crippen LogP contribution >= 0.6 is 0 Å². The van der Waals surface area contributed by atoms with Crippen LogP contribution in [0.25, 0.3) is 5.69 Å². The number of hydrogen-bond acceptors (Lipinski definition) is 6. The predicted molar refractivity (Wildman–Crippen MR) is 154 cm³/mol. The van der Waals surface area contributed by atoms with Crippen molar-refractivity contribution in [2.24, 2.45) is 16.3 Å². The van der Waals surface area contributed by atoms with Crippen molar-refractivity contribution in [3.8, 4) is 5.69 Å². The molecule has 1 aromatic heterocycles. The van der Waals surface area contributed by atoms with Crippen LogP contribution < -0.4 is 21.5 Å². The van der Waals surface area contributed by atoms with Crippen molar-refractivity contribution in [3.63, 3.8) is 0 Å². The third kappa shape index (κ3) is 5.22. The number of aliphatic imine (C=N–C) groups is 1. The van der Waals surface area contributed by atoms with Gasteiger partial charge in [0, 0.05) is 36.6 Å². The number of amides is 1. The number of hydrogen-bond donors (Lipinski definition) is 2. The lowest BCUT2D eigenvalue weighted by Gasteiger charge is -2.27. The minimum atomic E-state index is -0.968. The number of carbonyl (C=O) groups is 1. The van der Waals surface area contributed by atoms with Gasteiger partial charge in [0.15, 0.2) is 11.6 Å². The summed E-state index contributed by atoms with van der Waals surface area (Å²) in [5.41, 5.74) is 7.38. The molecule has 0 bridgehead atoms. The quantitative estimate of drug-likeness (QED) is 0.312. The van der Waals surface area contributed by atoms with Crippen LogP contribution in [-0.4, -0.2) is 40.5 Å². The molecule has 1 aliphatic heterocycles. The first-order valence-corrected chi connectivity index (χ1v) is 13.5. The normalized spacial score (nSPS) is 16.3.